The van der Waals surface area contributed by atoms with E-state index in [4.69, 9.17) is 21.1 Å². The summed E-state index contributed by atoms with van der Waals surface area (Å²) in [6, 6.07) is 10.4. The number of carbonyl (C=O) groups is 2. The van der Waals surface area contributed by atoms with Gasteiger partial charge in [0, 0.05) is 5.02 Å². The number of carbonyl (C=O) groups excluding carboxylic acids is 2. The molecule has 3 rings (SSSR count). The minimum absolute atomic E-state index is 0.267. The Morgan fingerprint density at radius 2 is 1.88 bits per heavy atom. The molecule has 0 saturated carbocycles. The van der Waals surface area contributed by atoms with Crippen molar-refractivity contribution in [2.45, 2.75) is 19.9 Å². The zero-order valence-corrected chi connectivity index (χ0v) is 14.8. The zero-order valence-electron chi connectivity index (χ0n) is 14.0. The number of methoxy groups -OCH3 is 1. The fourth-order valence-corrected chi connectivity index (χ4v) is 2.93. The lowest BCUT2D eigenvalue weighted by Gasteiger charge is -2.18. The summed E-state index contributed by atoms with van der Waals surface area (Å²) in [4.78, 5) is 25.9. The first-order valence-electron chi connectivity index (χ1n) is 8.00. The Morgan fingerprint density at radius 1 is 1.08 bits per heavy atom. The quantitative estimate of drug-likeness (QED) is 0.735. The molecule has 1 aliphatic heterocycles. The van der Waals surface area contributed by atoms with Crippen molar-refractivity contribution in [3.63, 3.8) is 0 Å². The topological polar surface area (TPSA) is 55.8 Å². The summed E-state index contributed by atoms with van der Waals surface area (Å²) in [6.07, 6.45) is 0.897. The summed E-state index contributed by atoms with van der Waals surface area (Å²) in [7, 11) is 1.57. The number of hydrogen-bond acceptors (Lipinski definition) is 4. The lowest BCUT2D eigenvalue weighted by Crippen LogP contribution is -2.29. The Morgan fingerprint density at radius 3 is 2.60 bits per heavy atom. The SMILES string of the molecule is CCCOc1ccc(CN2C(=O)C(=O)c3cc(Cl)ccc32)cc1OC. The Hall–Kier alpha value is -2.53. The number of halogens is 1. The summed E-state index contributed by atoms with van der Waals surface area (Å²) < 4.78 is 11.0. The molecular formula is C19H18ClNO4. The second-order valence-corrected chi connectivity index (χ2v) is 6.15. The van der Waals surface area contributed by atoms with Gasteiger partial charge in [-0.25, -0.2) is 0 Å². The van der Waals surface area contributed by atoms with Gasteiger partial charge in [0.2, 0.25) is 0 Å². The minimum Gasteiger partial charge on any atom is -0.493 e. The van der Waals surface area contributed by atoms with E-state index in [0.29, 0.717) is 34.4 Å². The second kappa shape index (κ2) is 7.15. The van der Waals surface area contributed by atoms with E-state index in [1.54, 1.807) is 19.2 Å². The summed E-state index contributed by atoms with van der Waals surface area (Å²) in [5.41, 5.74) is 1.75. The number of amides is 1. The summed E-state index contributed by atoms with van der Waals surface area (Å²) in [5.74, 6) is 0.166. The maximum absolute atomic E-state index is 12.3. The van der Waals surface area contributed by atoms with Gasteiger partial charge in [-0.05, 0) is 42.3 Å². The third kappa shape index (κ3) is 3.33. The van der Waals surface area contributed by atoms with Gasteiger partial charge >= 0.3 is 0 Å². The molecule has 1 aliphatic rings. The van der Waals surface area contributed by atoms with Gasteiger partial charge in [0.05, 0.1) is 31.5 Å². The molecule has 0 aromatic heterocycles. The van der Waals surface area contributed by atoms with Gasteiger partial charge in [0.25, 0.3) is 11.7 Å². The van der Waals surface area contributed by atoms with Crippen LogP contribution >= 0.6 is 11.6 Å². The third-order valence-electron chi connectivity index (χ3n) is 3.96. The number of hydrogen-bond donors (Lipinski definition) is 0. The highest BCUT2D eigenvalue weighted by Gasteiger charge is 2.35. The lowest BCUT2D eigenvalue weighted by molar-refractivity contribution is -0.114. The van der Waals surface area contributed by atoms with E-state index in [1.165, 1.54) is 11.0 Å². The maximum Gasteiger partial charge on any atom is 0.299 e. The van der Waals surface area contributed by atoms with Crippen molar-refractivity contribution in [2.24, 2.45) is 0 Å². The predicted molar refractivity (Wildman–Crippen MR) is 95.8 cm³/mol. The predicted octanol–water partition coefficient (Wildman–Crippen LogP) is 3.87. The fraction of sp³-hybridized carbons (Fsp3) is 0.263. The molecule has 5 nitrogen and oxygen atoms in total. The van der Waals surface area contributed by atoms with Gasteiger partial charge < -0.3 is 14.4 Å². The summed E-state index contributed by atoms with van der Waals surface area (Å²) in [6.45, 7) is 2.90. The summed E-state index contributed by atoms with van der Waals surface area (Å²) >= 11 is 5.93. The van der Waals surface area contributed by atoms with Crippen molar-refractivity contribution in [1.29, 1.82) is 0 Å². The number of Topliss-reactive ketones (excluding diaryl/α,β-unsaturated/α-hetero) is 1. The maximum atomic E-state index is 12.3. The Kier molecular flexibility index (Phi) is 4.95. The number of ether oxygens (including phenoxy) is 2. The number of rotatable bonds is 6. The fourth-order valence-electron chi connectivity index (χ4n) is 2.75. The molecule has 1 heterocycles. The molecule has 0 bridgehead atoms. The largest absolute Gasteiger partial charge is 0.493 e. The van der Waals surface area contributed by atoms with E-state index in [2.05, 4.69) is 0 Å². The van der Waals surface area contributed by atoms with Crippen molar-refractivity contribution in [3.8, 4) is 11.5 Å². The van der Waals surface area contributed by atoms with Crippen LogP contribution in [0.15, 0.2) is 36.4 Å². The number of anilines is 1. The second-order valence-electron chi connectivity index (χ2n) is 5.72. The van der Waals surface area contributed by atoms with Gasteiger partial charge in [-0.2, -0.15) is 0 Å². The van der Waals surface area contributed by atoms with E-state index >= 15 is 0 Å². The molecule has 0 saturated heterocycles. The van der Waals surface area contributed by atoms with Crippen LogP contribution < -0.4 is 14.4 Å². The molecule has 0 atom stereocenters. The first kappa shape index (κ1) is 17.3. The van der Waals surface area contributed by atoms with Gasteiger partial charge in [-0.15, -0.1) is 0 Å². The molecule has 0 radical (unpaired) electrons. The lowest BCUT2D eigenvalue weighted by atomic mass is 10.1. The van der Waals surface area contributed by atoms with Crippen LogP contribution in [-0.4, -0.2) is 25.4 Å². The monoisotopic (exact) mass is 359 g/mol. The van der Waals surface area contributed by atoms with Gasteiger partial charge in [0.1, 0.15) is 0 Å². The molecular weight excluding hydrogens is 342 g/mol. The number of ketones is 1. The molecule has 25 heavy (non-hydrogen) atoms. The number of benzene rings is 2. The number of fused-ring (bicyclic) bond motifs is 1. The van der Waals surface area contributed by atoms with Crippen molar-refractivity contribution in [3.05, 3.63) is 52.5 Å². The van der Waals surface area contributed by atoms with E-state index in [-0.39, 0.29) is 6.54 Å². The van der Waals surface area contributed by atoms with Crippen molar-refractivity contribution in [2.75, 3.05) is 18.6 Å². The van der Waals surface area contributed by atoms with Crippen LogP contribution in [0.4, 0.5) is 5.69 Å². The van der Waals surface area contributed by atoms with E-state index in [1.807, 2.05) is 25.1 Å². The molecule has 0 spiro atoms. The average molecular weight is 360 g/mol. The Balaban J connectivity index is 1.88. The van der Waals surface area contributed by atoms with Crippen LogP contribution in [0.3, 0.4) is 0 Å². The van der Waals surface area contributed by atoms with E-state index in [9.17, 15) is 9.59 Å². The smallest absolute Gasteiger partial charge is 0.299 e. The highest BCUT2D eigenvalue weighted by atomic mass is 35.5. The van der Waals surface area contributed by atoms with Crippen LogP contribution in [0.2, 0.25) is 5.02 Å². The Bertz CT molecular complexity index is 834. The summed E-state index contributed by atoms with van der Waals surface area (Å²) in [5, 5.41) is 0.431. The molecule has 1 amide bonds. The molecule has 6 heteroatoms. The van der Waals surface area contributed by atoms with Crippen molar-refractivity contribution < 1.29 is 19.1 Å². The van der Waals surface area contributed by atoms with Crippen LogP contribution in [0.5, 0.6) is 11.5 Å². The first-order chi connectivity index (χ1) is 12.0. The van der Waals surface area contributed by atoms with E-state index in [0.717, 1.165) is 12.0 Å². The molecule has 0 aliphatic carbocycles. The molecule has 0 unspecified atom stereocenters. The van der Waals surface area contributed by atoms with Crippen LogP contribution in [-0.2, 0) is 11.3 Å². The Labute approximate surface area is 151 Å². The van der Waals surface area contributed by atoms with Crippen LogP contribution in [0.1, 0.15) is 29.3 Å². The van der Waals surface area contributed by atoms with E-state index < -0.39 is 11.7 Å². The van der Waals surface area contributed by atoms with Crippen molar-refractivity contribution in [1.82, 2.24) is 0 Å². The molecule has 2 aromatic carbocycles. The van der Waals surface area contributed by atoms with Gasteiger partial charge in [0.15, 0.2) is 11.5 Å². The standard InChI is InChI=1S/C19H18ClNO4/c1-3-8-25-16-7-4-12(9-17(16)24-2)11-21-15-6-5-13(20)10-14(15)18(22)19(21)23/h4-7,9-10H,3,8,11H2,1-2H3. The van der Waals surface area contributed by atoms with Crippen LogP contribution in [0.25, 0.3) is 0 Å². The zero-order chi connectivity index (χ0) is 18.0. The molecule has 130 valence electrons. The normalized spacial score (nSPS) is 13.2. The highest BCUT2D eigenvalue weighted by Crippen LogP contribution is 2.34. The minimum atomic E-state index is -0.553. The average Bonchev–Trinajstić information content (AvgIpc) is 2.85. The molecule has 0 N–H and O–H groups in total. The first-order valence-corrected chi connectivity index (χ1v) is 8.38. The highest BCUT2D eigenvalue weighted by molar-refractivity contribution is 6.52. The molecule has 2 aromatic rings. The third-order valence-corrected chi connectivity index (χ3v) is 4.20. The van der Waals surface area contributed by atoms with Crippen molar-refractivity contribution >= 4 is 29.0 Å². The van der Waals surface area contributed by atoms with Gasteiger partial charge in [-0.1, -0.05) is 24.6 Å². The number of nitrogens with zero attached hydrogens (tertiary/aromatic N) is 1. The van der Waals surface area contributed by atoms with Gasteiger partial charge in [-0.3, -0.25) is 9.59 Å². The van der Waals surface area contributed by atoms with Crippen LogP contribution in [0, 0.1) is 0 Å². The molecule has 0 fully saturated rings.